The maximum atomic E-state index is 13.5. The summed E-state index contributed by atoms with van der Waals surface area (Å²) in [5.41, 5.74) is 1.79. The maximum absolute atomic E-state index is 13.5. The van der Waals surface area contributed by atoms with E-state index >= 15 is 0 Å². The first-order valence-electron chi connectivity index (χ1n) is 11.2. The van der Waals surface area contributed by atoms with E-state index in [-0.39, 0.29) is 33.7 Å². The number of carbonyl (C=O) groups is 3. The zero-order chi connectivity index (χ0) is 26.1. The maximum Gasteiger partial charge on any atom is 0.348 e. The van der Waals surface area contributed by atoms with Crippen LogP contribution in [0.5, 0.6) is 0 Å². The highest BCUT2D eigenvalue weighted by Gasteiger charge is 2.26. The molecule has 5 rings (SSSR count). The summed E-state index contributed by atoms with van der Waals surface area (Å²) in [5.74, 6) is -0.413. The van der Waals surface area contributed by atoms with Crippen LogP contribution < -0.4 is 5.32 Å². The van der Waals surface area contributed by atoms with Gasteiger partial charge in [0.2, 0.25) is 0 Å². The summed E-state index contributed by atoms with van der Waals surface area (Å²) >= 11 is 7.35. The lowest BCUT2D eigenvalue weighted by Crippen LogP contribution is -2.25. The molecule has 1 amide bonds. The fraction of sp³-hybridized carbons (Fsp3) is 0.115. The Labute approximate surface area is 220 Å². The number of amides is 1. The van der Waals surface area contributed by atoms with Crippen molar-refractivity contribution in [2.24, 2.45) is 0 Å². The van der Waals surface area contributed by atoms with Gasteiger partial charge in [-0.25, -0.2) is 4.79 Å². The van der Waals surface area contributed by atoms with E-state index in [0.717, 1.165) is 22.2 Å². The van der Waals surface area contributed by atoms with E-state index < -0.39 is 5.97 Å². The minimum atomic E-state index is -0.580. The number of ether oxygens (including phenoxy) is 1. The zero-order valence-electron chi connectivity index (χ0n) is 19.7. The second-order valence-corrected chi connectivity index (χ2v) is 9.52. The molecule has 3 heterocycles. The summed E-state index contributed by atoms with van der Waals surface area (Å²) in [4.78, 5) is 42.0. The highest BCUT2D eigenvalue weighted by atomic mass is 35.5. The first-order valence-corrected chi connectivity index (χ1v) is 12.4. The lowest BCUT2D eigenvalue weighted by Gasteiger charge is -2.10. The molecule has 11 heteroatoms. The number of hydrogen-bond donors (Lipinski definition) is 2. The number of thiophene rings is 1. The van der Waals surface area contributed by atoms with Crippen LogP contribution in [-0.2, 0) is 11.3 Å². The topological polar surface area (TPSA) is 119 Å². The number of carbonyl (C=O) groups excluding carboxylic acids is 3. The average Bonchev–Trinajstić information content (AvgIpc) is 3.63. The van der Waals surface area contributed by atoms with Gasteiger partial charge in [0.05, 0.1) is 24.2 Å². The molecule has 0 radical (unpaired) electrons. The molecular formula is C26H20ClN5O4S. The van der Waals surface area contributed by atoms with E-state index in [2.05, 4.69) is 20.5 Å². The monoisotopic (exact) mass is 533 g/mol. The Balaban J connectivity index is 1.50. The standard InChI is InChI=1S/C26H20ClN5O4S/c1-14-30-31-22(13-28-24(34)20-11-15-7-3-6-10-19(15)29-20)32(14)25-17(12-21(37-25)26(35)36-2)23(33)16-8-4-5-9-18(16)27/h3-12,29H,13H2,1-2H3,(H,28,34). The van der Waals surface area contributed by atoms with E-state index in [1.165, 1.54) is 13.2 Å². The second kappa shape index (κ2) is 10.00. The number of H-pyrrole nitrogens is 1. The normalized spacial score (nSPS) is 11.0. The van der Waals surface area contributed by atoms with Crippen molar-refractivity contribution in [3.05, 3.63) is 99.0 Å². The molecule has 186 valence electrons. The Bertz CT molecular complexity index is 1640. The average molecular weight is 534 g/mol. The number of rotatable bonds is 7. The molecule has 0 aliphatic rings. The zero-order valence-corrected chi connectivity index (χ0v) is 21.3. The number of nitrogens with one attached hydrogen (secondary N) is 2. The molecule has 0 atom stereocenters. The van der Waals surface area contributed by atoms with Crippen molar-refractivity contribution in [3.63, 3.8) is 0 Å². The van der Waals surface area contributed by atoms with E-state index in [4.69, 9.17) is 16.3 Å². The summed E-state index contributed by atoms with van der Waals surface area (Å²) in [6, 6.07) is 17.5. The molecule has 9 nitrogen and oxygen atoms in total. The van der Waals surface area contributed by atoms with E-state index in [1.54, 1.807) is 41.8 Å². The number of benzene rings is 2. The van der Waals surface area contributed by atoms with Crippen LogP contribution in [0.2, 0.25) is 5.02 Å². The lowest BCUT2D eigenvalue weighted by atomic mass is 10.0. The number of nitrogens with zero attached hydrogens (tertiary/aromatic N) is 3. The molecule has 0 fully saturated rings. The summed E-state index contributed by atoms with van der Waals surface area (Å²) in [7, 11) is 1.27. The van der Waals surface area contributed by atoms with E-state index in [9.17, 15) is 14.4 Å². The number of hydrogen-bond acceptors (Lipinski definition) is 7. The van der Waals surface area contributed by atoms with E-state index in [1.807, 2.05) is 24.3 Å². The number of halogens is 1. The number of ketones is 1. The number of aromatic amines is 1. The molecule has 0 spiro atoms. The van der Waals surface area contributed by atoms with Crippen LogP contribution in [0.1, 0.15) is 47.7 Å². The van der Waals surface area contributed by atoms with Crippen LogP contribution in [0.25, 0.3) is 15.9 Å². The fourth-order valence-electron chi connectivity index (χ4n) is 3.94. The van der Waals surface area contributed by atoms with Crippen LogP contribution in [-0.4, -0.2) is 44.5 Å². The van der Waals surface area contributed by atoms with Gasteiger partial charge in [-0.2, -0.15) is 0 Å². The van der Waals surface area contributed by atoms with Crippen LogP contribution in [0.4, 0.5) is 0 Å². The molecule has 2 aromatic carbocycles. The SMILES string of the molecule is COC(=O)c1cc(C(=O)c2ccccc2Cl)c(-n2c(C)nnc2CNC(=O)c2cc3ccccc3[nH]2)s1. The third-order valence-electron chi connectivity index (χ3n) is 5.74. The number of aryl methyl sites for hydroxylation is 1. The quantitative estimate of drug-likeness (QED) is 0.231. The highest BCUT2D eigenvalue weighted by Crippen LogP contribution is 2.32. The molecule has 0 bridgehead atoms. The molecule has 5 aromatic rings. The Morgan fingerprint density at radius 3 is 2.57 bits per heavy atom. The van der Waals surface area contributed by atoms with Gasteiger partial charge in [-0.3, -0.25) is 14.2 Å². The Morgan fingerprint density at radius 1 is 1.05 bits per heavy atom. The highest BCUT2D eigenvalue weighted by molar-refractivity contribution is 7.16. The van der Waals surface area contributed by atoms with Crippen molar-refractivity contribution < 1.29 is 19.1 Å². The smallest absolute Gasteiger partial charge is 0.348 e. The van der Waals surface area contributed by atoms with Crippen molar-refractivity contribution in [1.29, 1.82) is 0 Å². The first kappa shape index (κ1) is 24.4. The van der Waals surface area contributed by atoms with Crippen molar-refractivity contribution in [2.45, 2.75) is 13.5 Å². The first-order chi connectivity index (χ1) is 17.9. The van der Waals surface area contributed by atoms with Crippen molar-refractivity contribution in [1.82, 2.24) is 25.1 Å². The minimum absolute atomic E-state index is 0.0280. The largest absolute Gasteiger partial charge is 0.465 e. The number of esters is 1. The van der Waals surface area contributed by atoms with Crippen LogP contribution in [0, 0.1) is 6.92 Å². The molecule has 0 aliphatic carbocycles. The van der Waals surface area contributed by atoms with Gasteiger partial charge in [0.25, 0.3) is 5.91 Å². The Hall–Kier alpha value is -4.28. The minimum Gasteiger partial charge on any atom is -0.465 e. The summed E-state index contributed by atoms with van der Waals surface area (Å²) in [6.07, 6.45) is 0. The van der Waals surface area contributed by atoms with Crippen molar-refractivity contribution in [2.75, 3.05) is 7.11 Å². The Kier molecular flexibility index (Phi) is 6.60. The Morgan fingerprint density at radius 2 is 1.81 bits per heavy atom. The van der Waals surface area contributed by atoms with Gasteiger partial charge in [-0.05, 0) is 37.3 Å². The summed E-state index contributed by atoms with van der Waals surface area (Å²) < 4.78 is 6.52. The molecule has 37 heavy (non-hydrogen) atoms. The third-order valence-corrected chi connectivity index (χ3v) is 7.17. The van der Waals surface area contributed by atoms with Gasteiger partial charge >= 0.3 is 5.97 Å². The van der Waals surface area contributed by atoms with Gasteiger partial charge in [-0.15, -0.1) is 21.5 Å². The predicted molar refractivity (Wildman–Crippen MR) is 140 cm³/mol. The molecule has 0 saturated carbocycles. The third kappa shape index (κ3) is 4.64. The van der Waals surface area contributed by atoms with Crippen LogP contribution in [0.3, 0.4) is 0 Å². The molecule has 3 aromatic heterocycles. The summed E-state index contributed by atoms with van der Waals surface area (Å²) in [6.45, 7) is 1.75. The number of methoxy groups -OCH3 is 1. The number of fused-ring (bicyclic) bond motifs is 1. The predicted octanol–water partition coefficient (Wildman–Crippen LogP) is 4.72. The molecule has 2 N–H and O–H groups in total. The fourth-order valence-corrected chi connectivity index (χ4v) is 5.30. The molecule has 0 unspecified atom stereocenters. The van der Waals surface area contributed by atoms with Crippen molar-refractivity contribution >= 4 is 51.5 Å². The van der Waals surface area contributed by atoms with Crippen LogP contribution in [0.15, 0.2) is 60.7 Å². The summed E-state index contributed by atoms with van der Waals surface area (Å²) in [5, 5.41) is 12.8. The molecule has 0 saturated heterocycles. The van der Waals surface area contributed by atoms with Gasteiger partial charge in [-0.1, -0.05) is 41.9 Å². The van der Waals surface area contributed by atoms with E-state index in [0.29, 0.717) is 27.9 Å². The number of para-hydroxylation sites is 1. The van der Waals surface area contributed by atoms with Gasteiger partial charge < -0.3 is 15.0 Å². The molecular weight excluding hydrogens is 514 g/mol. The molecule has 0 aliphatic heterocycles. The van der Waals surface area contributed by atoms with Gasteiger partial charge in [0.1, 0.15) is 21.4 Å². The van der Waals surface area contributed by atoms with Crippen molar-refractivity contribution in [3.8, 4) is 5.00 Å². The number of aromatic nitrogens is 4. The lowest BCUT2D eigenvalue weighted by molar-refractivity contribution is 0.0606. The second-order valence-electron chi connectivity index (χ2n) is 8.08. The van der Waals surface area contributed by atoms with Gasteiger partial charge in [0.15, 0.2) is 11.6 Å². The van der Waals surface area contributed by atoms with Gasteiger partial charge in [0, 0.05) is 16.5 Å². The van der Waals surface area contributed by atoms with Crippen LogP contribution >= 0.6 is 22.9 Å².